The van der Waals surface area contributed by atoms with Crippen LogP contribution in [0, 0.1) is 0 Å². The number of Topliss-reactive ketones (excluding diaryl/α,β-unsaturated/α-hetero) is 1. The maximum Gasteiger partial charge on any atom is 0.202 e. The Morgan fingerprint density at radius 1 is 0.964 bits per heavy atom. The molecule has 0 saturated carbocycles. The predicted octanol–water partition coefficient (Wildman–Crippen LogP) is 0.360. The van der Waals surface area contributed by atoms with Crippen LogP contribution in [0.3, 0.4) is 0 Å². The van der Waals surface area contributed by atoms with Crippen molar-refractivity contribution in [3.8, 4) is 17.2 Å². The standard InChI is InChI=1S/C20H16O8/c21-7-12(23)20(28)5-4-8-10(6-20)18(26)14-15(16(8)24)19(27)13-9(17(14)25)2-1-3-11(13)22/h1-3,21-22,24,26,28H,4-7H2. The number of rotatable bonds is 2. The van der Waals surface area contributed by atoms with E-state index in [1.807, 2.05) is 0 Å². The zero-order chi connectivity index (χ0) is 20.4. The molecule has 0 amide bonds. The van der Waals surface area contributed by atoms with Gasteiger partial charge in [-0.2, -0.15) is 0 Å². The molecular formula is C20H16O8. The van der Waals surface area contributed by atoms with E-state index < -0.39 is 64.4 Å². The third kappa shape index (κ3) is 2.22. The molecule has 0 spiro atoms. The summed E-state index contributed by atoms with van der Waals surface area (Å²) < 4.78 is 0. The van der Waals surface area contributed by atoms with Crippen molar-refractivity contribution in [2.45, 2.75) is 24.9 Å². The van der Waals surface area contributed by atoms with Crippen LogP contribution in [0.15, 0.2) is 18.2 Å². The lowest BCUT2D eigenvalue weighted by molar-refractivity contribution is -0.141. The summed E-state index contributed by atoms with van der Waals surface area (Å²) >= 11 is 0. The van der Waals surface area contributed by atoms with Crippen molar-refractivity contribution in [1.29, 1.82) is 0 Å². The number of aliphatic hydroxyl groups excluding tert-OH is 1. The largest absolute Gasteiger partial charge is 0.507 e. The first kappa shape index (κ1) is 18.1. The van der Waals surface area contributed by atoms with Crippen LogP contribution in [0.5, 0.6) is 17.2 Å². The van der Waals surface area contributed by atoms with Crippen LogP contribution in [-0.2, 0) is 17.6 Å². The van der Waals surface area contributed by atoms with Gasteiger partial charge in [0.2, 0.25) is 5.78 Å². The van der Waals surface area contributed by atoms with E-state index in [2.05, 4.69) is 0 Å². The van der Waals surface area contributed by atoms with E-state index >= 15 is 0 Å². The fourth-order valence-electron chi connectivity index (χ4n) is 4.05. The SMILES string of the molecule is O=C1c2cccc(O)c2C(=O)c2c(O)c3c(c(O)c21)CC(O)(C(=O)CO)CC3. The van der Waals surface area contributed by atoms with Gasteiger partial charge in [0.25, 0.3) is 0 Å². The van der Waals surface area contributed by atoms with Crippen molar-refractivity contribution in [1.82, 2.24) is 0 Å². The van der Waals surface area contributed by atoms with E-state index in [0.717, 1.165) is 0 Å². The van der Waals surface area contributed by atoms with Crippen LogP contribution in [0.25, 0.3) is 0 Å². The summed E-state index contributed by atoms with van der Waals surface area (Å²) in [6.07, 6.45) is -0.600. The molecule has 0 radical (unpaired) electrons. The average Bonchev–Trinajstić information content (AvgIpc) is 2.67. The number of fused-ring (bicyclic) bond motifs is 3. The topological polar surface area (TPSA) is 152 Å². The minimum Gasteiger partial charge on any atom is -0.507 e. The zero-order valence-corrected chi connectivity index (χ0v) is 14.5. The normalized spacial score (nSPS) is 20.4. The molecule has 2 aromatic carbocycles. The zero-order valence-electron chi connectivity index (χ0n) is 14.5. The smallest absolute Gasteiger partial charge is 0.202 e. The molecule has 28 heavy (non-hydrogen) atoms. The Bertz CT molecular complexity index is 1080. The lowest BCUT2D eigenvalue weighted by Crippen LogP contribution is -2.45. The second-order valence-electron chi connectivity index (χ2n) is 7.05. The highest BCUT2D eigenvalue weighted by Crippen LogP contribution is 2.47. The molecule has 0 saturated heterocycles. The molecule has 0 aliphatic heterocycles. The van der Waals surface area contributed by atoms with Crippen molar-refractivity contribution >= 4 is 17.3 Å². The Labute approximate surface area is 158 Å². The first-order chi connectivity index (χ1) is 13.2. The Hall–Kier alpha value is -3.23. The van der Waals surface area contributed by atoms with E-state index in [1.54, 1.807) is 0 Å². The Balaban J connectivity index is 1.97. The lowest BCUT2D eigenvalue weighted by Gasteiger charge is -2.34. The second-order valence-corrected chi connectivity index (χ2v) is 7.05. The van der Waals surface area contributed by atoms with Crippen molar-refractivity contribution in [2.75, 3.05) is 6.61 Å². The van der Waals surface area contributed by atoms with E-state index in [9.17, 15) is 34.8 Å². The van der Waals surface area contributed by atoms with Gasteiger partial charge in [-0.1, -0.05) is 12.1 Å². The van der Waals surface area contributed by atoms with E-state index in [1.165, 1.54) is 18.2 Å². The van der Waals surface area contributed by atoms with Crippen molar-refractivity contribution < 1.29 is 39.9 Å². The van der Waals surface area contributed by atoms with E-state index in [0.29, 0.717) is 0 Å². The number of ketones is 3. The Kier molecular flexibility index (Phi) is 3.81. The summed E-state index contributed by atoms with van der Waals surface area (Å²) in [6.45, 7) is -0.895. The summed E-state index contributed by atoms with van der Waals surface area (Å²) in [5, 5.41) is 51.1. The molecule has 0 aromatic heterocycles. The summed E-state index contributed by atoms with van der Waals surface area (Å²) in [6, 6.07) is 3.93. The molecule has 2 aliphatic carbocycles. The van der Waals surface area contributed by atoms with Crippen LogP contribution in [-0.4, -0.2) is 55.1 Å². The van der Waals surface area contributed by atoms with Gasteiger partial charge < -0.3 is 25.5 Å². The highest BCUT2D eigenvalue weighted by Gasteiger charge is 2.45. The van der Waals surface area contributed by atoms with Gasteiger partial charge >= 0.3 is 0 Å². The van der Waals surface area contributed by atoms with Crippen LogP contribution in [0.4, 0.5) is 0 Å². The van der Waals surface area contributed by atoms with Crippen LogP contribution >= 0.6 is 0 Å². The minimum atomic E-state index is -1.95. The summed E-state index contributed by atoms with van der Waals surface area (Å²) in [4.78, 5) is 37.7. The number of carbonyl (C=O) groups is 3. The maximum absolute atomic E-state index is 12.9. The monoisotopic (exact) mass is 384 g/mol. The molecule has 5 N–H and O–H groups in total. The Morgan fingerprint density at radius 2 is 1.61 bits per heavy atom. The molecule has 1 unspecified atom stereocenters. The third-order valence-corrected chi connectivity index (χ3v) is 5.55. The molecule has 2 aliphatic rings. The van der Waals surface area contributed by atoms with Gasteiger partial charge in [-0.15, -0.1) is 0 Å². The molecule has 0 fully saturated rings. The van der Waals surface area contributed by atoms with Gasteiger partial charge in [0.05, 0.1) is 16.7 Å². The number of phenols is 3. The number of carbonyl (C=O) groups excluding carboxylic acids is 3. The van der Waals surface area contributed by atoms with Crippen molar-refractivity contribution in [3.63, 3.8) is 0 Å². The molecule has 8 nitrogen and oxygen atoms in total. The predicted molar refractivity (Wildman–Crippen MR) is 93.8 cm³/mol. The molecule has 144 valence electrons. The van der Waals surface area contributed by atoms with Gasteiger partial charge in [0, 0.05) is 23.1 Å². The Morgan fingerprint density at radius 3 is 2.29 bits per heavy atom. The molecule has 4 rings (SSSR count). The van der Waals surface area contributed by atoms with Crippen LogP contribution in [0.1, 0.15) is 49.4 Å². The molecule has 1 atom stereocenters. The molecule has 0 heterocycles. The van der Waals surface area contributed by atoms with Gasteiger partial charge in [0.1, 0.15) is 29.5 Å². The van der Waals surface area contributed by atoms with Crippen LogP contribution < -0.4 is 0 Å². The fourth-order valence-corrected chi connectivity index (χ4v) is 4.05. The van der Waals surface area contributed by atoms with Gasteiger partial charge in [-0.05, 0) is 18.9 Å². The molecular weight excluding hydrogens is 368 g/mol. The average molecular weight is 384 g/mol. The number of hydrogen-bond donors (Lipinski definition) is 5. The van der Waals surface area contributed by atoms with Crippen molar-refractivity contribution in [2.24, 2.45) is 0 Å². The fraction of sp³-hybridized carbons (Fsp3) is 0.250. The van der Waals surface area contributed by atoms with Gasteiger partial charge in [0.15, 0.2) is 11.6 Å². The van der Waals surface area contributed by atoms with E-state index in [4.69, 9.17) is 5.11 Å². The highest BCUT2D eigenvalue weighted by atomic mass is 16.3. The third-order valence-electron chi connectivity index (χ3n) is 5.55. The quantitative estimate of drug-likeness (QED) is 0.397. The molecule has 0 bridgehead atoms. The lowest BCUT2D eigenvalue weighted by atomic mass is 9.73. The number of benzene rings is 2. The van der Waals surface area contributed by atoms with Gasteiger partial charge in [-0.25, -0.2) is 0 Å². The summed E-state index contributed by atoms with van der Waals surface area (Å²) in [7, 11) is 0. The maximum atomic E-state index is 12.9. The number of aliphatic hydroxyl groups is 2. The molecule has 2 aromatic rings. The number of phenolic OH excluding ortho intramolecular Hbond substituents is 3. The molecule has 8 heteroatoms. The van der Waals surface area contributed by atoms with Crippen LogP contribution in [0.2, 0.25) is 0 Å². The first-order valence-electron chi connectivity index (χ1n) is 8.58. The highest BCUT2D eigenvalue weighted by molar-refractivity contribution is 6.31. The number of aromatic hydroxyl groups is 3. The van der Waals surface area contributed by atoms with Crippen molar-refractivity contribution in [3.05, 3.63) is 51.6 Å². The van der Waals surface area contributed by atoms with Gasteiger partial charge in [-0.3, -0.25) is 14.4 Å². The first-order valence-corrected chi connectivity index (χ1v) is 8.58. The minimum absolute atomic E-state index is 0.0171. The van der Waals surface area contributed by atoms with E-state index in [-0.39, 0.29) is 35.1 Å². The number of hydrogen-bond acceptors (Lipinski definition) is 8. The second kappa shape index (κ2) is 5.88. The summed E-state index contributed by atoms with van der Waals surface area (Å²) in [5.41, 5.74) is -3.03. The summed E-state index contributed by atoms with van der Waals surface area (Å²) in [5.74, 6) is -3.94.